The number of benzene rings is 2. The molecule has 1 aliphatic heterocycles. The third kappa shape index (κ3) is 6.39. The average Bonchev–Trinajstić information content (AvgIpc) is 2.99. The quantitative estimate of drug-likeness (QED) is 0.0868. The van der Waals surface area contributed by atoms with Crippen LogP contribution < -0.4 is 5.32 Å². The van der Waals surface area contributed by atoms with E-state index in [0.717, 1.165) is 67.1 Å². The number of nitrogens with one attached hydrogen (secondary N) is 1. The lowest BCUT2D eigenvalue weighted by Crippen LogP contribution is -2.87. The molecular formula is C66H81NO9. The van der Waals surface area contributed by atoms with Gasteiger partial charge in [-0.2, -0.15) is 0 Å². The molecule has 0 amide bonds. The van der Waals surface area contributed by atoms with Crippen LogP contribution in [0.15, 0.2) is 60.2 Å². The van der Waals surface area contributed by atoms with Gasteiger partial charge in [-0.15, -0.1) is 5.92 Å². The van der Waals surface area contributed by atoms with Crippen LogP contribution in [0, 0.1) is 117 Å². The SMILES string of the molecule is CN[C@@H]1Cc2c(cccc2CO)C#CCC[C@]23C[C@H]4C#CC[C@@H]5[C@H]6CC[C@@]7(C[C@]8(C=O)[C@@H]4[C@@](O)([C@H](O)[C@@H]4C[C@@H]([C@@H](C)C9CCCC9)CC[C@H]([C@H]7O)[C@@]48O)[C@@]2(O)C[C@@H]2C[C@@H]1[C@@H]1OC(=O)C=C1[C@@H]23)[C@H]6CC[C@@H]5c1ccccc1. The summed E-state index contributed by atoms with van der Waals surface area (Å²) in [6.07, 6.45) is 12.0. The number of likely N-dealkylation sites (N-methyl/N-ethyl adjacent to an activating group) is 1. The first-order chi connectivity index (χ1) is 36.7. The van der Waals surface area contributed by atoms with Crippen LogP contribution >= 0.6 is 0 Å². The summed E-state index contributed by atoms with van der Waals surface area (Å²) in [6, 6.07) is 16.5. The summed E-state index contributed by atoms with van der Waals surface area (Å²) < 4.78 is 6.43. The Morgan fingerprint density at radius 3 is 2.41 bits per heavy atom. The molecule has 0 aromatic heterocycles. The Kier molecular flexibility index (Phi) is 11.8. The number of hydrogen-bond acceptors (Lipinski definition) is 10. The average molecular weight is 1030 g/mol. The zero-order chi connectivity index (χ0) is 52.3. The molecule has 7 N–H and O–H groups in total. The highest BCUT2D eigenvalue weighted by atomic mass is 16.5. The molecule has 10 heteroatoms. The van der Waals surface area contributed by atoms with E-state index in [2.05, 4.69) is 66.3 Å². The first kappa shape index (κ1) is 50.4. The number of aliphatic hydroxyl groups is 6. The normalized spacial score (nSPS) is 49.7. The van der Waals surface area contributed by atoms with E-state index < -0.39 is 86.9 Å². The highest BCUT2D eigenvalue weighted by Gasteiger charge is 2.88. The topological polar surface area (TPSA) is 177 Å². The van der Waals surface area contributed by atoms with Crippen molar-refractivity contribution in [2.75, 3.05) is 7.05 Å². The van der Waals surface area contributed by atoms with Gasteiger partial charge in [0, 0.05) is 70.9 Å². The number of fused-ring (bicyclic) bond motifs is 4. The third-order valence-corrected chi connectivity index (χ3v) is 25.7. The monoisotopic (exact) mass is 1030 g/mol. The van der Waals surface area contributed by atoms with Gasteiger partial charge in [0.15, 0.2) is 0 Å². The van der Waals surface area contributed by atoms with Crippen LogP contribution in [0.3, 0.4) is 0 Å². The van der Waals surface area contributed by atoms with Crippen LogP contribution in [-0.4, -0.2) is 91.1 Å². The van der Waals surface area contributed by atoms with Crippen molar-refractivity contribution < 1.29 is 45.0 Å². The lowest BCUT2D eigenvalue weighted by molar-refractivity contribution is -0.391. The number of rotatable bonds is 6. The van der Waals surface area contributed by atoms with E-state index in [9.17, 15) is 25.2 Å². The first-order valence-corrected chi connectivity index (χ1v) is 30.1. The molecule has 9 bridgehead atoms. The second-order valence-electron chi connectivity index (χ2n) is 27.5. The Bertz CT molecular complexity index is 2840. The summed E-state index contributed by atoms with van der Waals surface area (Å²) in [5.74, 6) is 11.2. The van der Waals surface area contributed by atoms with Gasteiger partial charge >= 0.3 is 5.97 Å². The van der Waals surface area contributed by atoms with Crippen molar-refractivity contribution in [1.82, 2.24) is 5.32 Å². The van der Waals surface area contributed by atoms with E-state index in [1.165, 1.54) is 18.4 Å². The van der Waals surface area contributed by atoms with E-state index in [1.54, 1.807) is 6.08 Å². The molecule has 2 spiro atoms. The molecule has 76 heavy (non-hydrogen) atoms. The number of hydrogen-bond donors (Lipinski definition) is 7. The van der Waals surface area contributed by atoms with E-state index >= 15 is 15.0 Å². The minimum atomic E-state index is -2.35. The number of carbonyl (C=O) groups is 2. The van der Waals surface area contributed by atoms with Gasteiger partial charge in [0.2, 0.25) is 0 Å². The van der Waals surface area contributed by atoms with Crippen LogP contribution in [-0.2, 0) is 27.4 Å². The summed E-state index contributed by atoms with van der Waals surface area (Å²) in [7, 11) is 1.92. The maximum Gasteiger partial charge on any atom is 0.331 e. The van der Waals surface area contributed by atoms with Gasteiger partial charge in [-0.25, -0.2) is 4.79 Å². The highest BCUT2D eigenvalue weighted by molar-refractivity contribution is 5.86. The van der Waals surface area contributed by atoms with E-state index in [0.29, 0.717) is 57.3 Å². The molecule has 9 saturated carbocycles. The molecular weight excluding hydrogens is 951 g/mol. The Balaban J connectivity index is 1.01. The summed E-state index contributed by atoms with van der Waals surface area (Å²) in [4.78, 5) is 29.6. The van der Waals surface area contributed by atoms with Crippen molar-refractivity contribution in [1.29, 1.82) is 0 Å². The van der Waals surface area contributed by atoms with Gasteiger partial charge in [-0.1, -0.05) is 92.8 Å². The molecule has 13 aliphatic rings. The second-order valence-corrected chi connectivity index (χ2v) is 27.5. The molecule has 15 rings (SSSR count). The zero-order valence-corrected chi connectivity index (χ0v) is 44.7. The Labute approximate surface area is 449 Å². The molecule has 9 fully saturated rings. The van der Waals surface area contributed by atoms with Crippen LogP contribution in [0.25, 0.3) is 0 Å². The molecule has 2 aromatic carbocycles. The smallest absolute Gasteiger partial charge is 0.331 e. The van der Waals surface area contributed by atoms with Crippen molar-refractivity contribution in [2.24, 2.45) is 93.2 Å². The highest BCUT2D eigenvalue weighted by Crippen LogP contribution is 2.81. The zero-order valence-electron chi connectivity index (χ0n) is 44.7. The van der Waals surface area contributed by atoms with E-state index in [1.807, 2.05) is 25.2 Å². The molecule has 1 heterocycles. The molecule has 2 aromatic rings. The lowest BCUT2D eigenvalue weighted by Gasteiger charge is -2.76. The van der Waals surface area contributed by atoms with Crippen LogP contribution in [0.4, 0.5) is 0 Å². The molecule has 12 aliphatic carbocycles. The Morgan fingerprint density at radius 1 is 0.829 bits per heavy atom. The standard InChI is InChI=1S/C66H81NO9/c1-37(38-12-6-7-13-38)41-21-23-52-59(71)61-27-25-47-46(45(22-24-51(47)61)39-14-4-3-5-15-39)20-11-18-42-32-62-26-9-8-16-40-17-10-19-43(34-68)48(40)30-54(67-2)49-28-44(56(62)50-31-55(70)76-57(49)50)33-64(62,73)66(75)58(42)63(35-61,36-69)65(52,74)53(29-41)60(66)72/h3-5,10,14-15,17,19,31,36-38,41-42,44-47,49,51-54,56-60,67-68,71-75H,6-7,9,12-13,20-30,32-35H2,1-2H3/t37-,41-,42+,44-,45+,46-,47+,49-,51-,52+,53-,54+,56+,57-,58+,59+,60+,61+,62+,63-,64+,65+,66+/m0/s1. The molecule has 0 unspecified atom stereocenters. The van der Waals surface area contributed by atoms with E-state index in [-0.39, 0.29) is 79.3 Å². The van der Waals surface area contributed by atoms with Gasteiger partial charge in [-0.3, -0.25) is 0 Å². The second kappa shape index (κ2) is 17.8. The van der Waals surface area contributed by atoms with Crippen molar-refractivity contribution in [3.05, 3.63) is 82.4 Å². The largest absolute Gasteiger partial charge is 0.454 e. The minimum absolute atomic E-state index is 0.0533. The van der Waals surface area contributed by atoms with Gasteiger partial charge in [0.05, 0.1) is 29.8 Å². The number of aliphatic hydroxyl groups excluding tert-OH is 3. The molecule has 23 atom stereocenters. The molecule has 0 saturated heterocycles. The van der Waals surface area contributed by atoms with Crippen molar-refractivity contribution in [3.8, 4) is 23.7 Å². The molecule has 404 valence electrons. The maximum absolute atomic E-state index is 15.6. The number of ether oxygens (including phenoxy) is 1. The lowest BCUT2D eigenvalue weighted by atomic mass is 9.31. The fraction of sp³-hybridized carbons (Fsp3) is 0.697. The number of esters is 1. The van der Waals surface area contributed by atoms with Crippen molar-refractivity contribution in [2.45, 2.75) is 183 Å². The third-order valence-electron chi connectivity index (χ3n) is 25.7. The van der Waals surface area contributed by atoms with Gasteiger partial charge in [0.25, 0.3) is 0 Å². The van der Waals surface area contributed by atoms with Crippen LogP contribution in [0.1, 0.15) is 151 Å². The molecule has 0 radical (unpaired) electrons. The summed E-state index contributed by atoms with van der Waals surface area (Å²) in [6.45, 7) is 2.20. The van der Waals surface area contributed by atoms with Gasteiger partial charge in [-0.05, 0) is 172 Å². The van der Waals surface area contributed by atoms with E-state index in [4.69, 9.17) is 4.74 Å². The van der Waals surface area contributed by atoms with Crippen LogP contribution in [0.5, 0.6) is 0 Å². The van der Waals surface area contributed by atoms with Gasteiger partial charge in [0.1, 0.15) is 23.6 Å². The van der Waals surface area contributed by atoms with Gasteiger partial charge < -0.3 is 45.5 Å². The predicted molar refractivity (Wildman–Crippen MR) is 285 cm³/mol. The van der Waals surface area contributed by atoms with Crippen molar-refractivity contribution in [3.63, 3.8) is 0 Å². The fourth-order valence-corrected chi connectivity index (χ4v) is 22.9. The summed E-state index contributed by atoms with van der Waals surface area (Å²) in [5, 5.41) is 87.0. The summed E-state index contributed by atoms with van der Waals surface area (Å²) in [5.41, 5.74) is -5.21. The first-order valence-electron chi connectivity index (χ1n) is 30.1. The number of aldehydes is 1. The molecule has 10 nitrogen and oxygen atoms in total. The minimum Gasteiger partial charge on any atom is -0.454 e. The summed E-state index contributed by atoms with van der Waals surface area (Å²) >= 11 is 0. The fourth-order valence-electron chi connectivity index (χ4n) is 22.9. The van der Waals surface area contributed by atoms with Crippen molar-refractivity contribution >= 4 is 12.3 Å². The van der Waals surface area contributed by atoms with Crippen LogP contribution in [0.2, 0.25) is 0 Å². The Morgan fingerprint density at radius 2 is 1.63 bits per heavy atom. The Hall–Kier alpha value is -3.84. The number of carbonyl (C=O) groups excluding carboxylic acids is 2. The maximum atomic E-state index is 15.6. The predicted octanol–water partition coefficient (Wildman–Crippen LogP) is 7.58.